The fraction of sp³-hybridized carbons (Fsp3) is 1.00. The molecule has 0 radical (unpaired) electrons. The molecule has 0 aliphatic rings. The van der Waals surface area contributed by atoms with Crippen molar-refractivity contribution in [3.63, 3.8) is 0 Å². The number of nitrogens with two attached hydrogens (primary N) is 1. The number of rotatable bonds is 4. The van der Waals surface area contributed by atoms with Gasteiger partial charge in [0, 0.05) is 11.8 Å². The van der Waals surface area contributed by atoms with Crippen LogP contribution >= 0.6 is 10.8 Å². The maximum atomic E-state index is 10.0. The van der Waals surface area contributed by atoms with Crippen LogP contribution in [0.4, 0.5) is 0 Å². The molecule has 0 amide bonds. The van der Waals surface area contributed by atoms with Gasteiger partial charge in [0.2, 0.25) is 0 Å². The van der Waals surface area contributed by atoms with E-state index < -0.39 is 15.2 Å². The normalized spacial score (nSPS) is 15.1. The molecular formula is C3H9NO4S2. The van der Waals surface area contributed by atoms with Gasteiger partial charge in [0.05, 0.1) is 6.61 Å². The van der Waals surface area contributed by atoms with Gasteiger partial charge in [-0.1, -0.05) is 0 Å². The van der Waals surface area contributed by atoms with Crippen LogP contribution in [0.1, 0.15) is 0 Å². The van der Waals surface area contributed by atoms with E-state index in [-0.39, 0.29) is 12.4 Å². The zero-order valence-corrected chi connectivity index (χ0v) is 6.73. The molecule has 0 aromatic rings. The molecule has 5 nitrogen and oxygen atoms in total. The van der Waals surface area contributed by atoms with E-state index in [1.165, 1.54) is 0 Å². The zero-order valence-electron chi connectivity index (χ0n) is 5.10. The molecule has 0 bridgehead atoms. The average molecular weight is 187 g/mol. The molecule has 4 N–H and O–H groups in total. The van der Waals surface area contributed by atoms with Crippen LogP contribution in [0.5, 0.6) is 0 Å². The molecule has 0 aromatic carbocycles. The lowest BCUT2D eigenvalue weighted by Crippen LogP contribution is -2.27. The molecule has 0 rings (SSSR count). The van der Waals surface area contributed by atoms with Crippen molar-refractivity contribution in [1.82, 2.24) is 0 Å². The first-order valence-electron chi connectivity index (χ1n) is 2.44. The molecule has 0 aliphatic carbocycles. The summed E-state index contributed by atoms with van der Waals surface area (Å²) in [6, 6.07) is -0.605. The van der Waals surface area contributed by atoms with E-state index in [1.807, 2.05) is 0 Å². The predicted molar refractivity (Wildman–Crippen MR) is 39.1 cm³/mol. The van der Waals surface area contributed by atoms with E-state index >= 15 is 0 Å². The highest BCUT2D eigenvalue weighted by Crippen LogP contribution is 2.08. The summed E-state index contributed by atoms with van der Waals surface area (Å²) in [6.45, 7) is -0.289. The lowest BCUT2D eigenvalue weighted by molar-refractivity contribution is 0.275. The minimum absolute atomic E-state index is 0.00463. The Balaban J connectivity index is 3.56. The predicted octanol–water partition coefficient (Wildman–Crippen LogP) is -1.16. The third-order valence-corrected chi connectivity index (χ3v) is 2.83. The maximum absolute atomic E-state index is 10.0. The van der Waals surface area contributed by atoms with Crippen molar-refractivity contribution in [3.8, 4) is 0 Å². The van der Waals surface area contributed by atoms with E-state index in [9.17, 15) is 8.42 Å². The minimum Gasteiger partial charge on any atom is -0.395 e. The Labute approximate surface area is 62.8 Å². The summed E-state index contributed by atoms with van der Waals surface area (Å²) in [5, 5.41) is 8.32. The Kier molecular flexibility index (Phi) is 4.22. The van der Waals surface area contributed by atoms with Gasteiger partial charge in [-0.05, 0) is 10.8 Å². The van der Waals surface area contributed by atoms with Gasteiger partial charge in [0.25, 0.3) is 0 Å². The van der Waals surface area contributed by atoms with Gasteiger partial charge >= 0.3 is 9.15 Å². The van der Waals surface area contributed by atoms with Gasteiger partial charge in [-0.15, -0.1) is 0 Å². The van der Waals surface area contributed by atoms with E-state index in [0.29, 0.717) is 10.8 Å². The second-order valence-corrected chi connectivity index (χ2v) is 5.05. The second kappa shape index (κ2) is 4.14. The number of hydrogen-bond acceptors (Lipinski definition) is 5. The molecular weight excluding hydrogens is 178 g/mol. The van der Waals surface area contributed by atoms with Crippen LogP contribution < -0.4 is 5.73 Å². The maximum Gasteiger partial charge on any atom is 0.319 e. The number of aliphatic hydroxyl groups is 1. The Bertz CT molecular complexity index is 177. The monoisotopic (exact) mass is 187 g/mol. The molecule has 10 heavy (non-hydrogen) atoms. The van der Waals surface area contributed by atoms with Crippen LogP contribution in [0.15, 0.2) is 0 Å². The largest absolute Gasteiger partial charge is 0.395 e. The van der Waals surface area contributed by atoms with E-state index in [4.69, 9.17) is 15.4 Å². The van der Waals surface area contributed by atoms with Gasteiger partial charge < -0.3 is 10.8 Å². The average Bonchev–Trinajstić information content (AvgIpc) is 1.81. The molecule has 0 spiro atoms. The van der Waals surface area contributed by atoms with Crippen molar-refractivity contribution >= 4 is 19.9 Å². The first kappa shape index (κ1) is 10.2. The van der Waals surface area contributed by atoms with Crippen LogP contribution in [0.2, 0.25) is 0 Å². The van der Waals surface area contributed by atoms with Gasteiger partial charge in [-0.2, -0.15) is 8.42 Å². The highest BCUT2D eigenvalue weighted by Gasteiger charge is 2.08. The molecule has 0 fully saturated rings. The van der Waals surface area contributed by atoms with Crippen LogP contribution in [-0.2, 0) is 9.15 Å². The van der Waals surface area contributed by atoms with Gasteiger partial charge in [-0.25, -0.2) is 0 Å². The lowest BCUT2D eigenvalue weighted by Gasteiger charge is -2.03. The van der Waals surface area contributed by atoms with Crippen molar-refractivity contribution in [2.45, 2.75) is 6.04 Å². The first-order chi connectivity index (χ1) is 4.45. The smallest absolute Gasteiger partial charge is 0.319 e. The molecule has 0 unspecified atom stereocenters. The molecule has 0 saturated carbocycles. The second-order valence-electron chi connectivity index (χ2n) is 1.65. The van der Waals surface area contributed by atoms with Crippen molar-refractivity contribution < 1.29 is 18.1 Å². The molecule has 7 heteroatoms. The number of hydrogen-bond donors (Lipinski definition) is 3. The summed E-state index contributed by atoms with van der Waals surface area (Å²) >= 11 is 0. The Hall–Kier alpha value is 0.180. The Morgan fingerprint density at radius 3 is 2.40 bits per heavy atom. The number of aliphatic hydroxyl groups excluding tert-OH is 1. The minimum atomic E-state index is -4.00. The van der Waals surface area contributed by atoms with Crippen LogP contribution in [0.25, 0.3) is 0 Å². The lowest BCUT2D eigenvalue weighted by atomic mass is 10.4. The fourth-order valence-electron chi connectivity index (χ4n) is 0.226. The Morgan fingerprint density at radius 1 is 1.60 bits per heavy atom. The van der Waals surface area contributed by atoms with Gasteiger partial charge in [0.15, 0.2) is 0 Å². The van der Waals surface area contributed by atoms with Gasteiger partial charge in [-0.3, -0.25) is 4.55 Å². The SMILES string of the molecule is N[C@H](CO)CSS(=O)(=O)O. The molecule has 0 heterocycles. The van der Waals surface area contributed by atoms with Crippen LogP contribution in [0.3, 0.4) is 0 Å². The molecule has 0 aromatic heterocycles. The van der Waals surface area contributed by atoms with Crippen molar-refractivity contribution in [1.29, 1.82) is 0 Å². The van der Waals surface area contributed by atoms with E-state index in [0.717, 1.165) is 0 Å². The van der Waals surface area contributed by atoms with Crippen molar-refractivity contribution in [2.24, 2.45) is 5.73 Å². The molecule has 0 saturated heterocycles. The van der Waals surface area contributed by atoms with E-state index in [2.05, 4.69) is 0 Å². The molecule has 62 valence electrons. The summed E-state index contributed by atoms with van der Waals surface area (Å²) in [6.07, 6.45) is 0. The fourth-order valence-corrected chi connectivity index (χ4v) is 1.72. The summed E-state index contributed by atoms with van der Waals surface area (Å²) in [7, 11) is -3.69. The summed E-state index contributed by atoms with van der Waals surface area (Å²) in [5.74, 6) is -0.00463. The standard InChI is InChI=1S/C3H9NO4S2/c4-3(1-5)2-9-10(6,7)8/h3,5H,1-2,4H2,(H,6,7,8)/t3-/m1/s1. The summed E-state index contributed by atoms with van der Waals surface area (Å²) < 4.78 is 28.2. The third-order valence-electron chi connectivity index (χ3n) is 0.666. The summed E-state index contributed by atoms with van der Waals surface area (Å²) in [5.41, 5.74) is 5.13. The van der Waals surface area contributed by atoms with Crippen LogP contribution in [0, 0.1) is 0 Å². The highest BCUT2D eigenvalue weighted by molar-refractivity contribution is 8.69. The third kappa shape index (κ3) is 6.30. The quantitative estimate of drug-likeness (QED) is 0.379. The summed E-state index contributed by atoms with van der Waals surface area (Å²) in [4.78, 5) is 0. The van der Waals surface area contributed by atoms with Crippen molar-refractivity contribution in [2.75, 3.05) is 12.4 Å². The molecule has 0 aliphatic heterocycles. The molecule has 1 atom stereocenters. The van der Waals surface area contributed by atoms with Crippen LogP contribution in [-0.4, -0.2) is 36.5 Å². The van der Waals surface area contributed by atoms with Gasteiger partial charge in [0.1, 0.15) is 0 Å². The van der Waals surface area contributed by atoms with E-state index in [1.54, 1.807) is 0 Å². The Morgan fingerprint density at radius 2 is 2.10 bits per heavy atom. The zero-order chi connectivity index (χ0) is 8.20. The first-order valence-corrected chi connectivity index (χ1v) is 5.38. The highest BCUT2D eigenvalue weighted by atomic mass is 33.1. The van der Waals surface area contributed by atoms with Crippen molar-refractivity contribution in [3.05, 3.63) is 0 Å². The topological polar surface area (TPSA) is 101 Å².